The topological polar surface area (TPSA) is 67.7 Å². The van der Waals surface area contributed by atoms with E-state index in [1.165, 1.54) is 0 Å². The largest absolute Gasteiger partial charge is 0.484 e. The van der Waals surface area contributed by atoms with Crippen LogP contribution in [0.25, 0.3) is 11.0 Å². The fourth-order valence-corrected chi connectivity index (χ4v) is 3.91. The van der Waals surface area contributed by atoms with Crippen LogP contribution in [0.4, 0.5) is 0 Å². The Kier molecular flexibility index (Phi) is 6.42. The maximum Gasteiger partial charge on any atom is 0.260 e. The number of para-hydroxylation sites is 2. The minimum atomic E-state index is -0.0871. The van der Waals surface area contributed by atoms with E-state index in [1.807, 2.05) is 40.7 Å². The van der Waals surface area contributed by atoms with E-state index in [0.717, 1.165) is 23.3 Å². The average molecular weight is 441 g/mol. The first-order valence-corrected chi connectivity index (χ1v) is 10.8. The number of halogens is 1. The third kappa shape index (κ3) is 4.82. The van der Waals surface area contributed by atoms with E-state index in [0.29, 0.717) is 37.0 Å². The van der Waals surface area contributed by atoms with Gasteiger partial charge < -0.3 is 19.1 Å². The van der Waals surface area contributed by atoms with Gasteiger partial charge >= 0.3 is 0 Å². The molecule has 1 aromatic heterocycles. The van der Waals surface area contributed by atoms with Gasteiger partial charge in [0.1, 0.15) is 18.1 Å². The summed E-state index contributed by atoms with van der Waals surface area (Å²) in [5, 5.41) is 0.620. The zero-order valence-corrected chi connectivity index (χ0v) is 18.2. The van der Waals surface area contributed by atoms with E-state index < -0.39 is 0 Å². The molecule has 4 rings (SSSR count). The molecule has 1 fully saturated rings. The molecule has 0 unspecified atom stereocenters. The van der Waals surface area contributed by atoms with Crippen molar-refractivity contribution in [3.63, 3.8) is 0 Å². The number of hydrogen-bond donors (Lipinski definition) is 0. The Morgan fingerprint density at radius 1 is 0.968 bits per heavy atom. The van der Waals surface area contributed by atoms with Gasteiger partial charge in [0.05, 0.1) is 11.0 Å². The summed E-state index contributed by atoms with van der Waals surface area (Å²) < 4.78 is 7.54. The molecule has 31 heavy (non-hydrogen) atoms. The molecule has 2 heterocycles. The van der Waals surface area contributed by atoms with E-state index in [-0.39, 0.29) is 25.0 Å². The summed E-state index contributed by atoms with van der Waals surface area (Å²) in [6, 6.07) is 14.8. The van der Waals surface area contributed by atoms with Crippen molar-refractivity contribution in [3.05, 3.63) is 59.4 Å². The number of aryl methyl sites for hydroxylation is 1. The number of imidazole rings is 1. The third-order valence-corrected chi connectivity index (χ3v) is 5.76. The smallest absolute Gasteiger partial charge is 0.260 e. The average Bonchev–Trinajstić information content (AvgIpc) is 3.16. The molecular weight excluding hydrogens is 416 g/mol. The lowest BCUT2D eigenvalue weighted by Crippen LogP contribution is -2.52. The van der Waals surface area contributed by atoms with Crippen LogP contribution in [0.2, 0.25) is 5.02 Å². The van der Waals surface area contributed by atoms with Crippen molar-refractivity contribution >= 4 is 34.4 Å². The highest BCUT2D eigenvalue weighted by Crippen LogP contribution is 2.18. The molecule has 0 radical (unpaired) electrons. The van der Waals surface area contributed by atoms with Crippen LogP contribution in [0.15, 0.2) is 48.5 Å². The molecule has 0 spiro atoms. The first-order valence-electron chi connectivity index (χ1n) is 10.4. The Hall–Kier alpha value is -3.06. The fourth-order valence-electron chi connectivity index (χ4n) is 3.78. The van der Waals surface area contributed by atoms with Crippen LogP contribution >= 0.6 is 11.6 Å². The molecule has 0 bridgehead atoms. The lowest BCUT2D eigenvalue weighted by atomic mass is 10.3. The highest BCUT2D eigenvalue weighted by atomic mass is 35.5. The minimum absolute atomic E-state index is 0.0313. The molecule has 8 heteroatoms. The molecule has 7 nitrogen and oxygen atoms in total. The summed E-state index contributed by atoms with van der Waals surface area (Å²) in [5.74, 6) is 1.46. The number of ether oxygens (including phenoxy) is 1. The molecule has 1 aliphatic rings. The van der Waals surface area contributed by atoms with Crippen LogP contribution in [-0.4, -0.2) is 64.0 Å². The third-order valence-electron chi connectivity index (χ3n) is 5.50. The summed E-state index contributed by atoms with van der Waals surface area (Å²) in [5.41, 5.74) is 1.88. The molecule has 2 aromatic carbocycles. The second-order valence-corrected chi connectivity index (χ2v) is 7.90. The van der Waals surface area contributed by atoms with Crippen LogP contribution in [-0.2, 0) is 22.6 Å². The summed E-state index contributed by atoms with van der Waals surface area (Å²) in [6.45, 7) is 4.30. The van der Waals surface area contributed by atoms with E-state index in [2.05, 4.69) is 4.98 Å². The molecule has 0 saturated carbocycles. The number of nitrogens with zero attached hydrogens (tertiary/aromatic N) is 4. The molecular formula is C23H25ClN4O3. The van der Waals surface area contributed by atoms with Crippen LogP contribution in [0.5, 0.6) is 5.75 Å². The SMILES string of the molecule is CCc1nc2ccccc2n1CC(=O)N1CCN(C(=O)COc2ccc(Cl)cc2)CC1. The molecule has 0 atom stereocenters. The van der Waals surface area contributed by atoms with Gasteiger partial charge in [-0.25, -0.2) is 4.98 Å². The van der Waals surface area contributed by atoms with E-state index in [4.69, 9.17) is 16.3 Å². The van der Waals surface area contributed by atoms with Gasteiger partial charge in [0, 0.05) is 37.6 Å². The van der Waals surface area contributed by atoms with Crippen molar-refractivity contribution in [3.8, 4) is 5.75 Å². The van der Waals surface area contributed by atoms with Crippen molar-refractivity contribution < 1.29 is 14.3 Å². The number of rotatable bonds is 6. The van der Waals surface area contributed by atoms with E-state index >= 15 is 0 Å². The second-order valence-electron chi connectivity index (χ2n) is 7.46. The fraction of sp³-hybridized carbons (Fsp3) is 0.348. The van der Waals surface area contributed by atoms with Crippen molar-refractivity contribution in [1.29, 1.82) is 0 Å². The Morgan fingerprint density at radius 3 is 2.29 bits per heavy atom. The summed E-state index contributed by atoms with van der Waals surface area (Å²) in [7, 11) is 0. The molecule has 3 aromatic rings. The lowest BCUT2D eigenvalue weighted by Gasteiger charge is -2.35. The number of hydrogen-bond acceptors (Lipinski definition) is 4. The predicted octanol–water partition coefficient (Wildman–Crippen LogP) is 3.00. The van der Waals surface area contributed by atoms with Gasteiger partial charge in [-0.15, -0.1) is 0 Å². The van der Waals surface area contributed by atoms with E-state index in [9.17, 15) is 9.59 Å². The van der Waals surface area contributed by atoms with Crippen LogP contribution in [0.3, 0.4) is 0 Å². The highest BCUT2D eigenvalue weighted by molar-refractivity contribution is 6.30. The molecule has 2 amide bonds. The van der Waals surface area contributed by atoms with E-state index in [1.54, 1.807) is 29.2 Å². The maximum absolute atomic E-state index is 12.9. The Bertz CT molecular complexity index is 1070. The zero-order chi connectivity index (χ0) is 21.8. The van der Waals surface area contributed by atoms with Gasteiger partial charge in [-0.3, -0.25) is 9.59 Å². The second kappa shape index (κ2) is 9.39. The number of fused-ring (bicyclic) bond motifs is 1. The van der Waals surface area contributed by atoms with Crippen molar-refractivity contribution in [2.75, 3.05) is 32.8 Å². The van der Waals surface area contributed by atoms with Gasteiger partial charge in [-0.1, -0.05) is 30.7 Å². The van der Waals surface area contributed by atoms with Gasteiger partial charge in [-0.05, 0) is 36.4 Å². The molecule has 1 aliphatic heterocycles. The first-order chi connectivity index (χ1) is 15.0. The molecule has 0 N–H and O–H groups in total. The van der Waals surface area contributed by atoms with Gasteiger partial charge in [0.15, 0.2) is 6.61 Å². The number of amides is 2. The van der Waals surface area contributed by atoms with Crippen molar-refractivity contribution in [1.82, 2.24) is 19.4 Å². The maximum atomic E-state index is 12.9. The number of benzene rings is 2. The summed E-state index contributed by atoms with van der Waals surface area (Å²) in [4.78, 5) is 33.6. The first kappa shape index (κ1) is 21.2. The van der Waals surface area contributed by atoms with Crippen LogP contribution in [0, 0.1) is 0 Å². The zero-order valence-electron chi connectivity index (χ0n) is 17.5. The standard InChI is InChI=1S/C23H25ClN4O3/c1-2-21-25-19-5-3-4-6-20(19)28(21)15-22(29)26-11-13-27(14-12-26)23(30)16-31-18-9-7-17(24)8-10-18/h3-10H,2,11-16H2,1H3. The number of carbonyl (C=O) groups is 2. The normalized spacial score (nSPS) is 14.1. The predicted molar refractivity (Wildman–Crippen MR) is 119 cm³/mol. The van der Waals surface area contributed by atoms with Crippen molar-refractivity contribution in [2.45, 2.75) is 19.9 Å². The monoisotopic (exact) mass is 440 g/mol. The van der Waals surface area contributed by atoms with Gasteiger partial charge in [0.2, 0.25) is 5.91 Å². The molecule has 0 aliphatic carbocycles. The Labute approximate surface area is 186 Å². The Morgan fingerprint density at radius 2 is 1.61 bits per heavy atom. The number of piperazine rings is 1. The summed E-state index contributed by atoms with van der Waals surface area (Å²) >= 11 is 5.86. The van der Waals surface area contributed by atoms with Crippen LogP contribution < -0.4 is 4.74 Å². The lowest BCUT2D eigenvalue weighted by molar-refractivity contribution is -0.141. The molecule has 1 saturated heterocycles. The van der Waals surface area contributed by atoms with Crippen molar-refractivity contribution in [2.24, 2.45) is 0 Å². The number of aromatic nitrogens is 2. The summed E-state index contributed by atoms with van der Waals surface area (Å²) in [6.07, 6.45) is 0.762. The molecule has 162 valence electrons. The Balaban J connectivity index is 1.31. The van der Waals surface area contributed by atoms with Crippen LogP contribution in [0.1, 0.15) is 12.7 Å². The minimum Gasteiger partial charge on any atom is -0.484 e. The van der Waals surface area contributed by atoms with Gasteiger partial charge in [0.25, 0.3) is 5.91 Å². The number of carbonyl (C=O) groups excluding carboxylic acids is 2. The van der Waals surface area contributed by atoms with Gasteiger partial charge in [-0.2, -0.15) is 0 Å². The highest BCUT2D eigenvalue weighted by Gasteiger charge is 2.25. The quantitative estimate of drug-likeness (QED) is 0.591.